The van der Waals surface area contributed by atoms with Crippen molar-refractivity contribution in [3.63, 3.8) is 0 Å². The van der Waals surface area contributed by atoms with Crippen molar-refractivity contribution in [1.82, 2.24) is 9.55 Å². The van der Waals surface area contributed by atoms with Gasteiger partial charge in [0.15, 0.2) is 0 Å². The van der Waals surface area contributed by atoms with E-state index in [0.29, 0.717) is 42.6 Å². The number of para-hydroxylation sites is 1. The molecule has 1 aliphatic carbocycles. The van der Waals surface area contributed by atoms with Gasteiger partial charge in [0.1, 0.15) is 11.2 Å². The van der Waals surface area contributed by atoms with Gasteiger partial charge in [-0.15, -0.1) is 0 Å². The van der Waals surface area contributed by atoms with Gasteiger partial charge in [-0.2, -0.15) is 5.26 Å². The van der Waals surface area contributed by atoms with Crippen LogP contribution in [0, 0.1) is 18.3 Å². The van der Waals surface area contributed by atoms with E-state index in [4.69, 9.17) is 0 Å². The van der Waals surface area contributed by atoms with Crippen LogP contribution in [0.15, 0.2) is 61.1 Å². The summed E-state index contributed by atoms with van der Waals surface area (Å²) in [5.41, 5.74) is 3.18. The van der Waals surface area contributed by atoms with E-state index in [2.05, 4.69) is 16.4 Å². The van der Waals surface area contributed by atoms with E-state index < -0.39 is 5.41 Å². The molecule has 0 bridgehead atoms. The van der Waals surface area contributed by atoms with Crippen molar-refractivity contribution in [2.75, 3.05) is 5.32 Å². The summed E-state index contributed by atoms with van der Waals surface area (Å²) in [5.74, 6) is -0.0301. The molecule has 0 atom stereocenters. The molecule has 150 valence electrons. The highest BCUT2D eigenvalue weighted by molar-refractivity contribution is 6.04. The number of amides is 1. The summed E-state index contributed by atoms with van der Waals surface area (Å²) in [5, 5.41) is 12.5. The number of nitriles is 1. The Labute approximate surface area is 175 Å². The lowest BCUT2D eigenvalue weighted by Gasteiger charge is -2.29. The molecule has 1 saturated carbocycles. The second-order valence-corrected chi connectivity index (χ2v) is 7.71. The number of hydrogen-bond acceptors (Lipinski definition) is 4. The predicted molar refractivity (Wildman–Crippen MR) is 113 cm³/mol. The molecule has 0 aliphatic heterocycles. The highest BCUT2D eigenvalue weighted by atomic mass is 16.1. The van der Waals surface area contributed by atoms with E-state index >= 15 is 0 Å². The van der Waals surface area contributed by atoms with Crippen molar-refractivity contribution in [2.45, 2.75) is 38.0 Å². The van der Waals surface area contributed by atoms with Crippen molar-refractivity contribution in [3.8, 4) is 11.8 Å². The van der Waals surface area contributed by atoms with Crippen molar-refractivity contribution in [1.29, 1.82) is 5.26 Å². The van der Waals surface area contributed by atoms with Gasteiger partial charge in [0.2, 0.25) is 0 Å². The first-order valence-corrected chi connectivity index (χ1v) is 9.96. The largest absolute Gasteiger partial charge is 0.323 e. The molecule has 0 radical (unpaired) electrons. The van der Waals surface area contributed by atoms with Gasteiger partial charge >= 0.3 is 0 Å². The Morgan fingerprint density at radius 3 is 2.60 bits per heavy atom. The zero-order valence-corrected chi connectivity index (χ0v) is 16.8. The van der Waals surface area contributed by atoms with Gasteiger partial charge in [0.25, 0.3) is 5.91 Å². The molecule has 1 fully saturated rings. The zero-order valence-electron chi connectivity index (χ0n) is 16.8. The summed E-state index contributed by atoms with van der Waals surface area (Å²) in [4.78, 5) is 28.6. The number of nitrogens with zero attached hydrogens (tertiary/aromatic N) is 3. The molecule has 2 aromatic heterocycles. The minimum absolute atomic E-state index is 0.197. The molecule has 2 heterocycles. The number of aryl methyl sites for hydroxylation is 1. The Bertz CT molecular complexity index is 1130. The Morgan fingerprint density at radius 2 is 1.93 bits per heavy atom. The molecule has 4 rings (SSSR count). The molecule has 6 nitrogen and oxygen atoms in total. The maximum atomic E-state index is 12.6. The topological polar surface area (TPSA) is 87.8 Å². The lowest BCUT2D eigenvalue weighted by Crippen LogP contribution is -2.31. The molecule has 0 spiro atoms. The van der Waals surface area contributed by atoms with Crippen LogP contribution in [0.2, 0.25) is 0 Å². The van der Waals surface area contributed by atoms with Gasteiger partial charge < -0.3 is 9.88 Å². The molecule has 1 amide bonds. The average molecular weight is 398 g/mol. The monoisotopic (exact) mass is 398 g/mol. The van der Waals surface area contributed by atoms with E-state index in [1.807, 2.05) is 42.0 Å². The Hall–Kier alpha value is -3.72. The first-order chi connectivity index (χ1) is 14.5. The van der Waals surface area contributed by atoms with E-state index in [-0.39, 0.29) is 11.7 Å². The summed E-state index contributed by atoms with van der Waals surface area (Å²) in [6.45, 7) is 2.03. The number of Topliss-reactive ketones (excluding diaryl/α,β-unsaturated/α-hetero) is 1. The highest BCUT2D eigenvalue weighted by Crippen LogP contribution is 2.37. The van der Waals surface area contributed by atoms with Crippen LogP contribution in [0.4, 0.5) is 5.69 Å². The molecule has 6 heteroatoms. The fourth-order valence-corrected chi connectivity index (χ4v) is 3.87. The van der Waals surface area contributed by atoms with Gasteiger partial charge in [0, 0.05) is 30.9 Å². The lowest BCUT2D eigenvalue weighted by molar-refractivity contribution is -0.121. The minimum Gasteiger partial charge on any atom is -0.323 e. The Morgan fingerprint density at radius 1 is 1.17 bits per heavy atom. The number of benzene rings is 1. The first-order valence-electron chi connectivity index (χ1n) is 9.96. The SMILES string of the molecule is Cc1ccccc1-n1ccc(C(=O)Nc2ccc(C3(C#N)CCC(=O)CC3)nc2)c1. The van der Waals surface area contributed by atoms with E-state index in [0.717, 1.165) is 11.3 Å². The molecule has 1 aliphatic rings. The average Bonchev–Trinajstić information content (AvgIpc) is 3.26. The maximum absolute atomic E-state index is 12.6. The van der Waals surface area contributed by atoms with Crippen LogP contribution < -0.4 is 5.32 Å². The summed E-state index contributed by atoms with van der Waals surface area (Å²) >= 11 is 0. The Kier molecular flexibility index (Phi) is 5.20. The maximum Gasteiger partial charge on any atom is 0.257 e. The van der Waals surface area contributed by atoms with Crippen molar-refractivity contribution in [3.05, 3.63) is 77.9 Å². The normalized spacial score (nSPS) is 15.4. The fourth-order valence-electron chi connectivity index (χ4n) is 3.87. The number of pyridine rings is 1. The smallest absolute Gasteiger partial charge is 0.257 e. The molecule has 3 aromatic rings. The lowest BCUT2D eigenvalue weighted by atomic mass is 9.72. The molecule has 1 N–H and O–H groups in total. The number of carbonyl (C=O) groups excluding carboxylic acids is 2. The van der Waals surface area contributed by atoms with Gasteiger partial charge in [-0.05, 0) is 49.6 Å². The Balaban J connectivity index is 1.48. The standard InChI is InChI=1S/C24H22N4O2/c1-17-4-2-3-5-21(17)28-13-10-18(15-28)23(30)27-19-6-7-22(26-14-19)24(16-25)11-8-20(29)9-12-24/h2-7,10,13-15H,8-9,11-12H2,1H3,(H,27,30). The number of hydrogen-bond donors (Lipinski definition) is 1. The quantitative estimate of drug-likeness (QED) is 0.708. The van der Waals surface area contributed by atoms with Crippen molar-refractivity contribution in [2.24, 2.45) is 0 Å². The summed E-state index contributed by atoms with van der Waals surface area (Å²) in [6, 6.07) is 15.6. The summed E-state index contributed by atoms with van der Waals surface area (Å²) in [7, 11) is 0. The van der Waals surface area contributed by atoms with Gasteiger partial charge in [-0.25, -0.2) is 0 Å². The second kappa shape index (κ2) is 7.96. The van der Waals surface area contributed by atoms with Crippen LogP contribution in [0.25, 0.3) is 5.69 Å². The van der Waals surface area contributed by atoms with E-state index in [1.165, 1.54) is 0 Å². The molecule has 30 heavy (non-hydrogen) atoms. The van der Waals surface area contributed by atoms with Crippen LogP contribution >= 0.6 is 0 Å². The van der Waals surface area contributed by atoms with Gasteiger partial charge in [-0.1, -0.05) is 18.2 Å². The number of carbonyl (C=O) groups is 2. The van der Waals surface area contributed by atoms with Crippen molar-refractivity contribution >= 4 is 17.4 Å². The minimum atomic E-state index is -0.721. The van der Waals surface area contributed by atoms with Crippen LogP contribution in [0.5, 0.6) is 0 Å². The van der Waals surface area contributed by atoms with Crippen LogP contribution in [-0.2, 0) is 10.2 Å². The molecule has 1 aromatic carbocycles. The van der Waals surface area contributed by atoms with Crippen LogP contribution in [0.1, 0.15) is 47.3 Å². The molecule has 0 saturated heterocycles. The summed E-state index contributed by atoms with van der Waals surface area (Å²) in [6.07, 6.45) is 7.03. The molecular formula is C24H22N4O2. The number of ketones is 1. The zero-order chi connectivity index (χ0) is 21.1. The van der Waals surface area contributed by atoms with Crippen LogP contribution in [0.3, 0.4) is 0 Å². The highest BCUT2D eigenvalue weighted by Gasteiger charge is 2.37. The third-order valence-electron chi connectivity index (χ3n) is 5.74. The molecule has 0 unspecified atom stereocenters. The van der Waals surface area contributed by atoms with E-state index in [1.54, 1.807) is 30.6 Å². The number of nitrogens with one attached hydrogen (secondary N) is 1. The first kappa shape index (κ1) is 19.6. The number of rotatable bonds is 4. The number of anilines is 1. The van der Waals surface area contributed by atoms with E-state index in [9.17, 15) is 14.9 Å². The summed E-state index contributed by atoms with van der Waals surface area (Å²) < 4.78 is 1.92. The van der Waals surface area contributed by atoms with Gasteiger partial charge in [0.05, 0.1) is 29.2 Å². The van der Waals surface area contributed by atoms with Crippen molar-refractivity contribution < 1.29 is 9.59 Å². The third-order valence-corrected chi connectivity index (χ3v) is 5.74. The second-order valence-electron chi connectivity index (χ2n) is 7.71. The van der Waals surface area contributed by atoms with Gasteiger partial charge in [-0.3, -0.25) is 14.6 Å². The third kappa shape index (κ3) is 3.74. The molecular weight excluding hydrogens is 376 g/mol. The number of aromatic nitrogens is 2. The predicted octanol–water partition coefficient (Wildman–Crippen LogP) is 4.34. The fraction of sp³-hybridized carbons (Fsp3) is 0.250. The van der Waals surface area contributed by atoms with Crippen LogP contribution in [-0.4, -0.2) is 21.2 Å².